The summed E-state index contributed by atoms with van der Waals surface area (Å²) >= 11 is 0. The van der Waals surface area contributed by atoms with Crippen LogP contribution in [-0.4, -0.2) is 18.3 Å². The summed E-state index contributed by atoms with van der Waals surface area (Å²) in [5.41, 5.74) is -0.387. The van der Waals surface area contributed by atoms with E-state index >= 15 is 0 Å². The average Bonchev–Trinajstić information content (AvgIpc) is 2.92. The van der Waals surface area contributed by atoms with Gasteiger partial charge in [-0.3, -0.25) is 9.59 Å². The van der Waals surface area contributed by atoms with Crippen LogP contribution < -0.4 is 10.1 Å². The molecule has 0 aliphatic heterocycles. The Morgan fingerprint density at radius 2 is 2.00 bits per heavy atom. The van der Waals surface area contributed by atoms with E-state index < -0.39 is 5.41 Å². The molecule has 4 nitrogen and oxygen atoms in total. The van der Waals surface area contributed by atoms with Gasteiger partial charge in [0.2, 0.25) is 5.91 Å². The first-order chi connectivity index (χ1) is 11.4. The first-order valence-electron chi connectivity index (χ1n) is 8.99. The molecule has 130 valence electrons. The van der Waals surface area contributed by atoms with Gasteiger partial charge in [-0.25, -0.2) is 0 Å². The molecule has 1 N–H and O–H groups in total. The van der Waals surface area contributed by atoms with E-state index in [9.17, 15) is 9.59 Å². The zero-order valence-electron chi connectivity index (χ0n) is 14.9. The van der Waals surface area contributed by atoms with Crippen LogP contribution in [-0.2, 0) is 9.59 Å². The number of carbonyl (C=O) groups is 2. The Labute approximate surface area is 144 Å². The standard InChI is InChI=1S/C20H27NO3/c1-4-5-12-24-16-8-6-15(7-9-16)21-18(23)20-11-10-14(13-17(20)22)19(20,2)3/h6-9,14H,4-5,10-13H2,1-3H3,(H,21,23). The highest BCUT2D eigenvalue weighted by molar-refractivity contribution is 6.14. The van der Waals surface area contributed by atoms with Gasteiger partial charge in [-0.1, -0.05) is 27.2 Å². The van der Waals surface area contributed by atoms with Crippen molar-refractivity contribution in [3.05, 3.63) is 24.3 Å². The number of amides is 1. The van der Waals surface area contributed by atoms with Gasteiger partial charge in [0.25, 0.3) is 0 Å². The SMILES string of the molecule is CCCCOc1ccc(NC(=O)C23CCC(CC2=O)C3(C)C)cc1. The summed E-state index contributed by atoms with van der Waals surface area (Å²) in [4.78, 5) is 25.5. The van der Waals surface area contributed by atoms with Crippen molar-refractivity contribution >= 4 is 17.4 Å². The molecule has 24 heavy (non-hydrogen) atoms. The van der Waals surface area contributed by atoms with Gasteiger partial charge in [0.05, 0.1) is 6.61 Å². The van der Waals surface area contributed by atoms with Crippen LogP contribution in [0.1, 0.15) is 52.9 Å². The number of hydrogen-bond acceptors (Lipinski definition) is 3. The predicted molar refractivity (Wildman–Crippen MR) is 94.0 cm³/mol. The van der Waals surface area contributed by atoms with E-state index in [-0.39, 0.29) is 17.1 Å². The van der Waals surface area contributed by atoms with Crippen LogP contribution in [0.4, 0.5) is 5.69 Å². The normalized spacial score (nSPS) is 27.3. The molecule has 0 saturated heterocycles. The Hall–Kier alpha value is -1.84. The molecule has 2 fully saturated rings. The van der Waals surface area contributed by atoms with Gasteiger partial charge in [-0.05, 0) is 54.9 Å². The van der Waals surface area contributed by atoms with Crippen molar-refractivity contribution in [2.75, 3.05) is 11.9 Å². The van der Waals surface area contributed by atoms with E-state index in [0.29, 0.717) is 25.4 Å². The van der Waals surface area contributed by atoms with Gasteiger partial charge >= 0.3 is 0 Å². The molecule has 0 aromatic heterocycles. The fourth-order valence-electron chi connectivity index (χ4n) is 4.42. The van der Waals surface area contributed by atoms with Crippen LogP contribution in [0.5, 0.6) is 5.75 Å². The second-order valence-electron chi connectivity index (χ2n) is 7.67. The van der Waals surface area contributed by atoms with Crippen LogP contribution in [0.15, 0.2) is 24.3 Å². The smallest absolute Gasteiger partial charge is 0.238 e. The summed E-state index contributed by atoms with van der Waals surface area (Å²) in [6.07, 6.45) is 4.31. The third-order valence-corrected chi connectivity index (χ3v) is 6.16. The highest BCUT2D eigenvalue weighted by atomic mass is 16.5. The lowest BCUT2D eigenvalue weighted by Gasteiger charge is -2.34. The summed E-state index contributed by atoms with van der Waals surface area (Å²) in [6.45, 7) is 6.97. The second-order valence-corrected chi connectivity index (χ2v) is 7.67. The maximum absolute atomic E-state index is 13.0. The molecule has 4 heteroatoms. The van der Waals surface area contributed by atoms with Gasteiger partial charge < -0.3 is 10.1 Å². The van der Waals surface area contributed by atoms with Crippen LogP contribution in [0.2, 0.25) is 0 Å². The summed E-state index contributed by atoms with van der Waals surface area (Å²) in [7, 11) is 0. The number of rotatable bonds is 6. The Balaban J connectivity index is 1.70. The minimum atomic E-state index is -0.853. The predicted octanol–water partition coefficient (Wildman–Crippen LogP) is 4.20. The van der Waals surface area contributed by atoms with Crippen molar-refractivity contribution in [2.24, 2.45) is 16.7 Å². The number of anilines is 1. The molecule has 0 radical (unpaired) electrons. The Kier molecular flexibility index (Phi) is 4.41. The Morgan fingerprint density at radius 3 is 2.54 bits per heavy atom. The summed E-state index contributed by atoms with van der Waals surface area (Å²) in [5.74, 6) is 1.11. The Morgan fingerprint density at radius 1 is 1.29 bits per heavy atom. The maximum atomic E-state index is 13.0. The van der Waals surface area contributed by atoms with Crippen molar-refractivity contribution in [3.63, 3.8) is 0 Å². The van der Waals surface area contributed by atoms with Crippen molar-refractivity contribution < 1.29 is 14.3 Å². The van der Waals surface area contributed by atoms with Crippen molar-refractivity contribution in [2.45, 2.75) is 52.9 Å². The van der Waals surface area contributed by atoms with Crippen molar-refractivity contribution in [3.8, 4) is 5.75 Å². The zero-order chi connectivity index (χ0) is 17.4. The molecule has 2 saturated carbocycles. The number of unbranched alkanes of at least 4 members (excludes halogenated alkanes) is 1. The molecule has 1 aromatic carbocycles. The van der Waals surface area contributed by atoms with E-state index in [1.165, 1.54) is 0 Å². The number of ether oxygens (including phenoxy) is 1. The largest absolute Gasteiger partial charge is 0.494 e. The minimum absolute atomic E-state index is 0.112. The fourth-order valence-corrected chi connectivity index (χ4v) is 4.42. The molecular weight excluding hydrogens is 302 g/mol. The molecule has 0 heterocycles. The lowest BCUT2D eigenvalue weighted by atomic mass is 9.68. The van der Waals surface area contributed by atoms with E-state index in [4.69, 9.17) is 4.74 Å². The molecule has 3 rings (SSSR count). The number of fused-ring (bicyclic) bond motifs is 2. The van der Waals surface area contributed by atoms with Gasteiger partial charge in [0, 0.05) is 12.1 Å². The molecule has 2 atom stereocenters. The van der Waals surface area contributed by atoms with E-state index in [1.807, 2.05) is 24.3 Å². The van der Waals surface area contributed by atoms with E-state index in [0.717, 1.165) is 30.7 Å². The fraction of sp³-hybridized carbons (Fsp3) is 0.600. The topological polar surface area (TPSA) is 55.4 Å². The highest BCUT2D eigenvalue weighted by Gasteiger charge is 2.68. The number of Topliss-reactive ketones (excluding diaryl/α,β-unsaturated/α-hetero) is 1. The summed E-state index contributed by atoms with van der Waals surface area (Å²) in [6, 6.07) is 7.41. The molecule has 0 spiro atoms. The van der Waals surface area contributed by atoms with Gasteiger partial charge in [0.15, 0.2) is 0 Å². The molecular formula is C20H27NO3. The van der Waals surface area contributed by atoms with Crippen LogP contribution in [0.3, 0.4) is 0 Å². The molecule has 2 aliphatic carbocycles. The minimum Gasteiger partial charge on any atom is -0.494 e. The molecule has 1 aromatic rings. The highest BCUT2D eigenvalue weighted by Crippen LogP contribution is 2.64. The van der Waals surface area contributed by atoms with Crippen LogP contribution in [0, 0.1) is 16.7 Å². The Bertz CT molecular complexity index is 635. The van der Waals surface area contributed by atoms with Crippen molar-refractivity contribution in [1.82, 2.24) is 0 Å². The first kappa shape index (κ1) is 17.0. The summed E-state index contributed by atoms with van der Waals surface area (Å²) in [5, 5.41) is 2.97. The van der Waals surface area contributed by atoms with Gasteiger partial charge in [-0.15, -0.1) is 0 Å². The average molecular weight is 329 g/mol. The van der Waals surface area contributed by atoms with E-state index in [1.54, 1.807) is 0 Å². The van der Waals surface area contributed by atoms with Crippen LogP contribution in [0.25, 0.3) is 0 Å². The maximum Gasteiger partial charge on any atom is 0.238 e. The lowest BCUT2D eigenvalue weighted by molar-refractivity contribution is -0.141. The molecule has 2 aliphatic rings. The number of carbonyl (C=O) groups excluding carboxylic acids is 2. The van der Waals surface area contributed by atoms with Crippen molar-refractivity contribution in [1.29, 1.82) is 0 Å². The lowest BCUT2D eigenvalue weighted by Crippen LogP contribution is -2.46. The van der Waals surface area contributed by atoms with E-state index in [2.05, 4.69) is 26.1 Å². The third kappa shape index (κ3) is 2.52. The number of hydrogen-bond donors (Lipinski definition) is 1. The number of ketones is 1. The quantitative estimate of drug-likeness (QED) is 0.628. The monoisotopic (exact) mass is 329 g/mol. The number of benzene rings is 1. The van der Waals surface area contributed by atoms with Gasteiger partial charge in [0.1, 0.15) is 16.9 Å². The zero-order valence-corrected chi connectivity index (χ0v) is 14.9. The first-order valence-corrected chi connectivity index (χ1v) is 8.99. The van der Waals surface area contributed by atoms with Crippen LogP contribution >= 0.6 is 0 Å². The van der Waals surface area contributed by atoms with Gasteiger partial charge in [-0.2, -0.15) is 0 Å². The molecule has 2 unspecified atom stereocenters. The molecule has 2 bridgehead atoms. The molecule has 1 amide bonds. The number of nitrogens with one attached hydrogen (secondary N) is 1. The third-order valence-electron chi connectivity index (χ3n) is 6.16. The summed E-state index contributed by atoms with van der Waals surface area (Å²) < 4.78 is 5.64. The second kappa shape index (κ2) is 6.23.